The van der Waals surface area contributed by atoms with Crippen molar-refractivity contribution in [1.82, 2.24) is 10.6 Å². The van der Waals surface area contributed by atoms with Crippen LogP contribution in [0.25, 0.3) is 0 Å². The zero-order chi connectivity index (χ0) is 11.6. The van der Waals surface area contributed by atoms with Crippen LogP contribution in [0.15, 0.2) is 16.8 Å². The van der Waals surface area contributed by atoms with E-state index in [9.17, 15) is 4.79 Å². The summed E-state index contributed by atoms with van der Waals surface area (Å²) in [5, 5.41) is 10.5. The molecule has 1 fully saturated rings. The second kappa shape index (κ2) is 4.55. The predicted octanol–water partition coefficient (Wildman–Crippen LogP) is 1.92. The van der Waals surface area contributed by atoms with Crippen LogP contribution >= 0.6 is 11.3 Å². The first-order valence-electron chi connectivity index (χ1n) is 5.66. The van der Waals surface area contributed by atoms with Crippen molar-refractivity contribution in [1.29, 1.82) is 0 Å². The lowest BCUT2D eigenvalue weighted by Crippen LogP contribution is -2.41. The van der Waals surface area contributed by atoms with Gasteiger partial charge in [-0.15, -0.1) is 0 Å². The van der Waals surface area contributed by atoms with Crippen LogP contribution in [-0.4, -0.2) is 19.0 Å². The van der Waals surface area contributed by atoms with Crippen LogP contribution < -0.4 is 10.6 Å². The van der Waals surface area contributed by atoms with E-state index in [1.807, 2.05) is 19.2 Å². The van der Waals surface area contributed by atoms with Gasteiger partial charge >= 0.3 is 0 Å². The minimum absolute atomic E-state index is 0.108. The van der Waals surface area contributed by atoms with E-state index in [0.717, 1.165) is 19.5 Å². The molecule has 1 aliphatic rings. The van der Waals surface area contributed by atoms with Gasteiger partial charge in [0.25, 0.3) is 0 Å². The maximum absolute atomic E-state index is 12.1. The van der Waals surface area contributed by atoms with Gasteiger partial charge in [-0.05, 0) is 49.2 Å². The summed E-state index contributed by atoms with van der Waals surface area (Å²) in [4.78, 5) is 12.1. The Hall–Kier alpha value is -0.870. The number of rotatable bonds is 3. The third-order valence-corrected chi connectivity index (χ3v) is 4.01. The van der Waals surface area contributed by atoms with Crippen molar-refractivity contribution >= 4 is 17.2 Å². The van der Waals surface area contributed by atoms with Gasteiger partial charge in [-0.25, -0.2) is 0 Å². The molecule has 0 aliphatic carbocycles. The molecule has 16 heavy (non-hydrogen) atoms. The van der Waals surface area contributed by atoms with Gasteiger partial charge < -0.3 is 10.6 Å². The summed E-state index contributed by atoms with van der Waals surface area (Å²) in [6.07, 6.45) is 0.926. The predicted molar refractivity (Wildman–Crippen MR) is 66.5 cm³/mol. The molecule has 2 atom stereocenters. The molecular weight excluding hydrogens is 220 g/mol. The van der Waals surface area contributed by atoms with E-state index in [0.29, 0.717) is 0 Å². The Morgan fingerprint density at radius 3 is 3.06 bits per heavy atom. The first kappa shape index (κ1) is 11.6. The Morgan fingerprint density at radius 2 is 2.50 bits per heavy atom. The average Bonchev–Trinajstić information content (AvgIpc) is 2.88. The van der Waals surface area contributed by atoms with Gasteiger partial charge in [0.2, 0.25) is 5.91 Å². The van der Waals surface area contributed by atoms with Crippen molar-refractivity contribution in [3.05, 3.63) is 22.4 Å². The first-order chi connectivity index (χ1) is 7.62. The van der Waals surface area contributed by atoms with Crippen molar-refractivity contribution in [3.8, 4) is 0 Å². The fraction of sp³-hybridized carbons (Fsp3) is 0.583. The molecule has 1 amide bonds. The smallest absolute Gasteiger partial charge is 0.227 e. The van der Waals surface area contributed by atoms with Gasteiger partial charge in [0.05, 0.1) is 11.5 Å². The van der Waals surface area contributed by atoms with Crippen molar-refractivity contribution in [2.45, 2.75) is 26.3 Å². The minimum atomic E-state index is -0.232. The maximum atomic E-state index is 12.1. The standard InChI is InChI=1S/C12H18N2OS/c1-9(10-3-6-16-7-10)14-11(15)12(2)4-5-13-8-12/h3,6-7,9,13H,4-5,8H2,1-2H3,(H,14,15). The molecule has 0 radical (unpaired) electrons. The number of thiophene rings is 1. The monoisotopic (exact) mass is 238 g/mol. The van der Waals surface area contributed by atoms with Gasteiger partial charge in [-0.3, -0.25) is 4.79 Å². The van der Waals surface area contributed by atoms with Gasteiger partial charge in [0.15, 0.2) is 0 Å². The zero-order valence-electron chi connectivity index (χ0n) is 9.75. The third-order valence-electron chi connectivity index (χ3n) is 3.31. The molecule has 2 rings (SSSR count). The molecule has 0 bridgehead atoms. The van der Waals surface area contributed by atoms with Gasteiger partial charge in [-0.2, -0.15) is 11.3 Å². The molecule has 1 saturated heterocycles. The van der Waals surface area contributed by atoms with E-state index >= 15 is 0 Å². The van der Waals surface area contributed by atoms with Crippen LogP contribution in [0.2, 0.25) is 0 Å². The highest BCUT2D eigenvalue weighted by Gasteiger charge is 2.36. The summed E-state index contributed by atoms with van der Waals surface area (Å²) in [7, 11) is 0. The van der Waals surface area contributed by atoms with Crippen LogP contribution in [0, 0.1) is 5.41 Å². The molecule has 88 valence electrons. The molecule has 3 nitrogen and oxygen atoms in total. The fourth-order valence-corrected chi connectivity index (χ4v) is 2.74. The summed E-state index contributed by atoms with van der Waals surface area (Å²) in [6.45, 7) is 5.79. The Kier molecular flexibility index (Phi) is 3.30. The van der Waals surface area contributed by atoms with Gasteiger partial charge in [-0.1, -0.05) is 0 Å². The number of hydrogen-bond donors (Lipinski definition) is 2. The second-order valence-corrected chi connectivity index (χ2v) is 5.52. The summed E-state index contributed by atoms with van der Waals surface area (Å²) in [6, 6.07) is 2.17. The van der Waals surface area contributed by atoms with E-state index in [4.69, 9.17) is 0 Å². The molecule has 1 aliphatic heterocycles. The second-order valence-electron chi connectivity index (χ2n) is 4.74. The zero-order valence-corrected chi connectivity index (χ0v) is 10.6. The SMILES string of the molecule is CC(NC(=O)C1(C)CCNC1)c1ccsc1. The Labute approximate surface area is 100 Å². The average molecular weight is 238 g/mol. The molecule has 2 N–H and O–H groups in total. The van der Waals surface area contributed by atoms with E-state index in [1.165, 1.54) is 5.56 Å². The first-order valence-corrected chi connectivity index (χ1v) is 6.60. The molecule has 0 saturated carbocycles. The quantitative estimate of drug-likeness (QED) is 0.845. The van der Waals surface area contributed by atoms with E-state index in [1.54, 1.807) is 11.3 Å². The van der Waals surface area contributed by atoms with E-state index in [-0.39, 0.29) is 17.4 Å². The topological polar surface area (TPSA) is 41.1 Å². The molecule has 2 unspecified atom stereocenters. The number of amides is 1. The highest BCUT2D eigenvalue weighted by molar-refractivity contribution is 7.07. The lowest BCUT2D eigenvalue weighted by atomic mass is 9.88. The van der Waals surface area contributed by atoms with Crippen molar-refractivity contribution < 1.29 is 4.79 Å². The van der Waals surface area contributed by atoms with Crippen LogP contribution in [0.3, 0.4) is 0 Å². The molecule has 2 heterocycles. The Morgan fingerprint density at radius 1 is 1.69 bits per heavy atom. The number of hydrogen-bond acceptors (Lipinski definition) is 3. The summed E-state index contributed by atoms with van der Waals surface area (Å²) in [5.74, 6) is 0.163. The lowest BCUT2D eigenvalue weighted by molar-refractivity contribution is -0.129. The summed E-state index contributed by atoms with van der Waals surface area (Å²) in [5.41, 5.74) is 0.956. The molecule has 0 spiro atoms. The van der Waals surface area contributed by atoms with Crippen molar-refractivity contribution in [2.75, 3.05) is 13.1 Å². The largest absolute Gasteiger partial charge is 0.349 e. The number of carbonyl (C=O) groups excluding carboxylic acids is 1. The number of nitrogens with one attached hydrogen (secondary N) is 2. The van der Waals surface area contributed by atoms with Gasteiger partial charge in [0.1, 0.15) is 0 Å². The van der Waals surface area contributed by atoms with E-state index < -0.39 is 0 Å². The third kappa shape index (κ3) is 2.28. The Bertz CT molecular complexity index is 355. The summed E-state index contributed by atoms with van der Waals surface area (Å²) < 4.78 is 0. The molecule has 1 aromatic heterocycles. The normalized spacial score (nSPS) is 26.6. The van der Waals surface area contributed by atoms with Crippen LogP contribution in [0.5, 0.6) is 0 Å². The molecule has 1 aromatic rings. The minimum Gasteiger partial charge on any atom is -0.349 e. The number of carbonyl (C=O) groups is 1. The maximum Gasteiger partial charge on any atom is 0.227 e. The highest BCUT2D eigenvalue weighted by atomic mass is 32.1. The lowest BCUT2D eigenvalue weighted by Gasteiger charge is -2.24. The van der Waals surface area contributed by atoms with Crippen molar-refractivity contribution in [2.24, 2.45) is 5.41 Å². The van der Waals surface area contributed by atoms with Crippen molar-refractivity contribution in [3.63, 3.8) is 0 Å². The molecule has 0 aromatic carbocycles. The Balaban J connectivity index is 1.97. The summed E-state index contributed by atoms with van der Waals surface area (Å²) >= 11 is 1.66. The fourth-order valence-electron chi connectivity index (χ4n) is 1.99. The molecule has 4 heteroatoms. The molecular formula is C12H18N2OS. The van der Waals surface area contributed by atoms with Gasteiger partial charge in [0, 0.05) is 6.54 Å². The van der Waals surface area contributed by atoms with E-state index in [2.05, 4.69) is 22.1 Å². The van der Waals surface area contributed by atoms with Crippen LogP contribution in [-0.2, 0) is 4.79 Å². The van der Waals surface area contributed by atoms with Crippen LogP contribution in [0.1, 0.15) is 31.9 Å². The van der Waals surface area contributed by atoms with Crippen LogP contribution in [0.4, 0.5) is 0 Å². The highest BCUT2D eigenvalue weighted by Crippen LogP contribution is 2.26.